The fourth-order valence-electron chi connectivity index (χ4n) is 2.26. The average Bonchev–Trinajstić information content (AvgIpc) is 2.37. The molecule has 0 saturated heterocycles. The van der Waals surface area contributed by atoms with Crippen molar-refractivity contribution < 1.29 is 0 Å². The van der Waals surface area contributed by atoms with Gasteiger partial charge >= 0.3 is 0 Å². The molecule has 1 aromatic rings. The largest absolute Gasteiger partial charge is 0.612 e. The normalized spacial score (nSPS) is 11.1. The first kappa shape index (κ1) is 11.5. The summed E-state index contributed by atoms with van der Waals surface area (Å²) < 4.78 is 0. The van der Waals surface area contributed by atoms with E-state index in [0.717, 1.165) is 22.3 Å². The van der Waals surface area contributed by atoms with Gasteiger partial charge in [-0.05, 0) is 32.0 Å². The fourth-order valence-corrected chi connectivity index (χ4v) is 2.26. The van der Waals surface area contributed by atoms with E-state index in [0.29, 0.717) is 11.3 Å². The smallest absolute Gasteiger partial charge is 0.232 e. The summed E-state index contributed by atoms with van der Waals surface area (Å²) >= 11 is 0. The van der Waals surface area contributed by atoms with Crippen LogP contribution in [-0.4, -0.2) is 9.97 Å². The highest BCUT2D eigenvalue weighted by Crippen LogP contribution is 2.24. The summed E-state index contributed by atoms with van der Waals surface area (Å²) in [6, 6.07) is 8.89. The number of aryl methyl sites for hydroxylation is 2. The Morgan fingerprint density at radius 3 is 2.63 bits per heavy atom. The highest BCUT2D eigenvalue weighted by Gasteiger charge is 2.14. The summed E-state index contributed by atoms with van der Waals surface area (Å²) in [6.07, 6.45) is 0. The molecule has 0 radical (unpaired) electrons. The molecule has 0 bridgehead atoms. The van der Waals surface area contributed by atoms with Crippen LogP contribution in [0.2, 0.25) is 0 Å². The molecule has 5 heteroatoms. The summed E-state index contributed by atoms with van der Waals surface area (Å²) in [5, 5.41) is 23.2. The Bertz CT molecular complexity index is 817. The van der Waals surface area contributed by atoms with E-state index in [9.17, 15) is 10.4 Å². The number of nitrogens with one attached hydrogen (secondary N) is 1. The lowest BCUT2D eigenvalue weighted by atomic mass is 10.0. The molecular formula is C14H12N3O2-. The molecule has 0 unspecified atom stereocenters. The molecule has 0 spiro atoms. The quantitative estimate of drug-likeness (QED) is 0.492. The van der Waals surface area contributed by atoms with E-state index in [1.807, 2.05) is 32.0 Å². The van der Waals surface area contributed by atoms with Gasteiger partial charge < -0.3 is 15.4 Å². The zero-order valence-electron chi connectivity index (χ0n) is 10.6. The van der Waals surface area contributed by atoms with Crippen molar-refractivity contribution in [2.75, 3.05) is 0 Å². The summed E-state index contributed by atoms with van der Waals surface area (Å²) in [4.78, 5) is 7.32. The van der Waals surface area contributed by atoms with Gasteiger partial charge in [-0.3, -0.25) is 4.98 Å². The number of benzene rings is 1. The minimum atomic E-state index is -0.356. The van der Waals surface area contributed by atoms with Gasteiger partial charge in [-0.1, -0.05) is 6.07 Å². The predicted octanol–water partition coefficient (Wildman–Crippen LogP) is 2.05. The second-order valence-corrected chi connectivity index (χ2v) is 4.61. The number of H-pyrrole nitrogens is 1. The molecule has 19 heavy (non-hydrogen) atoms. The van der Waals surface area contributed by atoms with Crippen molar-refractivity contribution in [3.05, 3.63) is 57.5 Å². The molecule has 1 aliphatic heterocycles. The first-order valence-corrected chi connectivity index (χ1v) is 5.93. The standard InChI is InChI=1S/C14H12N3O2/c1-8-3-5-10-7-12(17(18)19)11-6-4-9(2)16-14(11)13(10)15-8/h3-7,16H,1-2H3/q-1. The van der Waals surface area contributed by atoms with Crippen LogP contribution in [0.1, 0.15) is 11.4 Å². The van der Waals surface area contributed by atoms with E-state index in [2.05, 4.69) is 9.97 Å². The summed E-state index contributed by atoms with van der Waals surface area (Å²) in [6.45, 7) is 3.82. The molecule has 1 aromatic heterocycles. The number of fused-ring (bicyclic) bond motifs is 3. The van der Waals surface area contributed by atoms with Gasteiger partial charge in [0, 0.05) is 22.8 Å². The zero-order chi connectivity index (χ0) is 13.6. The Hall–Kier alpha value is -2.56. The molecule has 1 aliphatic carbocycles. The van der Waals surface area contributed by atoms with Gasteiger partial charge in [0.1, 0.15) is 0 Å². The van der Waals surface area contributed by atoms with Crippen molar-refractivity contribution in [1.29, 1.82) is 0 Å². The monoisotopic (exact) mass is 254 g/mol. The Kier molecular flexibility index (Phi) is 2.41. The number of aromatic nitrogens is 2. The van der Waals surface area contributed by atoms with Crippen molar-refractivity contribution >= 4 is 10.9 Å². The van der Waals surface area contributed by atoms with Crippen LogP contribution in [0.4, 0.5) is 0 Å². The van der Waals surface area contributed by atoms with E-state index in [1.54, 1.807) is 12.1 Å². The Labute approximate surface area is 109 Å². The highest BCUT2D eigenvalue weighted by atomic mass is 16.8. The maximum atomic E-state index is 11.2. The minimum absolute atomic E-state index is 0.101. The van der Waals surface area contributed by atoms with Crippen LogP contribution in [0.25, 0.3) is 22.2 Å². The van der Waals surface area contributed by atoms with Gasteiger partial charge in [0.05, 0.1) is 16.8 Å². The van der Waals surface area contributed by atoms with Crippen molar-refractivity contribution in [3.63, 3.8) is 0 Å². The van der Waals surface area contributed by atoms with E-state index >= 15 is 0 Å². The predicted molar refractivity (Wildman–Crippen MR) is 74.2 cm³/mol. The van der Waals surface area contributed by atoms with Crippen LogP contribution < -0.4 is 10.3 Å². The fraction of sp³-hybridized carbons (Fsp3) is 0.143. The number of hydrogen-bond donors (Lipinski definition) is 1. The molecule has 0 saturated carbocycles. The summed E-state index contributed by atoms with van der Waals surface area (Å²) in [5.74, 6) is 0. The molecular weight excluding hydrogens is 242 g/mol. The van der Waals surface area contributed by atoms with E-state index in [-0.39, 0.29) is 10.3 Å². The van der Waals surface area contributed by atoms with Crippen molar-refractivity contribution in [3.8, 4) is 11.3 Å². The molecule has 0 fully saturated rings. The molecule has 5 nitrogen and oxygen atoms in total. The van der Waals surface area contributed by atoms with Crippen LogP contribution in [0.5, 0.6) is 0 Å². The summed E-state index contributed by atoms with van der Waals surface area (Å²) in [5.41, 5.74) is 3.90. The van der Waals surface area contributed by atoms with Crippen LogP contribution >= 0.6 is 0 Å². The second-order valence-electron chi connectivity index (χ2n) is 4.61. The molecule has 1 N–H and O–H groups in total. The first-order valence-electron chi connectivity index (χ1n) is 5.93. The Morgan fingerprint density at radius 1 is 1.11 bits per heavy atom. The molecule has 2 aliphatic rings. The molecule has 2 heterocycles. The van der Waals surface area contributed by atoms with Crippen LogP contribution in [0, 0.1) is 24.3 Å². The van der Waals surface area contributed by atoms with Gasteiger partial charge in [-0.2, -0.15) is 4.90 Å². The lowest BCUT2D eigenvalue weighted by Crippen LogP contribution is -2.22. The molecule has 0 atom stereocenters. The third kappa shape index (κ3) is 1.79. The van der Waals surface area contributed by atoms with Crippen LogP contribution in [0.3, 0.4) is 0 Å². The topological polar surface area (TPSA) is 77.8 Å². The number of hydrogen-bond acceptors (Lipinski definition) is 3. The van der Waals surface area contributed by atoms with Gasteiger partial charge in [0.15, 0.2) is 0 Å². The van der Waals surface area contributed by atoms with Crippen LogP contribution in [-0.2, 0) is 0 Å². The SMILES string of the molecule is Cc1ccc2cc(=[N+]([O-])[O-])c3ccc(C)[nH]c-3c2n1. The minimum Gasteiger partial charge on any atom is -0.612 e. The third-order valence-electron chi connectivity index (χ3n) is 3.16. The third-order valence-corrected chi connectivity index (χ3v) is 3.16. The van der Waals surface area contributed by atoms with Gasteiger partial charge in [-0.25, -0.2) is 0 Å². The molecule has 0 amide bonds. The van der Waals surface area contributed by atoms with Gasteiger partial charge in [-0.15, -0.1) is 0 Å². The first-order chi connectivity index (χ1) is 9.06. The maximum absolute atomic E-state index is 11.2. The number of rotatable bonds is 0. The summed E-state index contributed by atoms with van der Waals surface area (Å²) in [7, 11) is 0. The van der Waals surface area contributed by atoms with Crippen molar-refractivity contribution in [1.82, 2.24) is 14.9 Å². The second kappa shape index (κ2) is 3.98. The average molecular weight is 254 g/mol. The molecule has 3 rings (SSSR count). The highest BCUT2D eigenvalue weighted by molar-refractivity contribution is 5.93. The van der Waals surface area contributed by atoms with Gasteiger partial charge in [0.2, 0.25) is 5.36 Å². The zero-order valence-corrected chi connectivity index (χ0v) is 10.6. The Morgan fingerprint density at radius 2 is 1.89 bits per heavy atom. The van der Waals surface area contributed by atoms with E-state index < -0.39 is 0 Å². The molecule has 96 valence electrons. The van der Waals surface area contributed by atoms with Gasteiger partial charge in [0.25, 0.3) is 0 Å². The van der Waals surface area contributed by atoms with Crippen molar-refractivity contribution in [2.45, 2.75) is 13.8 Å². The van der Waals surface area contributed by atoms with E-state index in [1.165, 1.54) is 0 Å². The number of nitrogens with zero attached hydrogens (tertiary/aromatic N) is 2. The lowest BCUT2D eigenvalue weighted by molar-refractivity contribution is 0.969. The number of aromatic amines is 1. The molecule has 0 aromatic carbocycles. The lowest BCUT2D eigenvalue weighted by Gasteiger charge is -2.12. The Balaban J connectivity index is 2.62. The maximum Gasteiger partial charge on any atom is 0.232 e. The van der Waals surface area contributed by atoms with E-state index in [4.69, 9.17) is 0 Å². The number of pyridine rings is 2. The van der Waals surface area contributed by atoms with Crippen molar-refractivity contribution in [2.24, 2.45) is 0 Å². The van der Waals surface area contributed by atoms with Crippen LogP contribution in [0.15, 0.2) is 30.3 Å².